The zero-order chi connectivity index (χ0) is 13.7. The van der Waals surface area contributed by atoms with E-state index < -0.39 is 0 Å². The molecule has 1 heterocycles. The average Bonchev–Trinajstić information content (AvgIpc) is 2.39. The second-order valence-electron chi connectivity index (χ2n) is 5.23. The van der Waals surface area contributed by atoms with Crippen LogP contribution in [0.5, 0.6) is 0 Å². The van der Waals surface area contributed by atoms with E-state index in [4.69, 9.17) is 17.3 Å². The Bertz CT molecular complexity index is 438. The van der Waals surface area contributed by atoms with Gasteiger partial charge in [-0.15, -0.1) is 12.4 Å². The molecule has 1 aliphatic heterocycles. The predicted octanol–water partition coefficient (Wildman–Crippen LogP) is 2.89. The minimum atomic E-state index is 0. The molecule has 0 radical (unpaired) electrons. The maximum Gasteiger partial charge on any atom is 0.226 e. The van der Waals surface area contributed by atoms with Crippen LogP contribution in [0.4, 0.5) is 0 Å². The predicted molar refractivity (Wildman–Crippen MR) is 85.4 cm³/mol. The summed E-state index contributed by atoms with van der Waals surface area (Å²) in [5.74, 6) is 0.769. The first-order valence-corrected chi connectivity index (χ1v) is 7.29. The van der Waals surface area contributed by atoms with Crippen molar-refractivity contribution in [3.63, 3.8) is 0 Å². The highest BCUT2D eigenvalue weighted by atomic mass is 35.5. The molecule has 2 rings (SSSR count). The first kappa shape index (κ1) is 17.3. The summed E-state index contributed by atoms with van der Waals surface area (Å²) in [5, 5.41) is 0.685. The Labute approximate surface area is 131 Å². The molecule has 0 aliphatic carbocycles. The van der Waals surface area contributed by atoms with E-state index in [2.05, 4.69) is 0 Å². The summed E-state index contributed by atoms with van der Waals surface area (Å²) < 4.78 is 0. The fourth-order valence-corrected chi connectivity index (χ4v) is 2.91. The van der Waals surface area contributed by atoms with Crippen LogP contribution in [0.2, 0.25) is 5.02 Å². The number of amides is 1. The molecule has 1 saturated heterocycles. The Balaban J connectivity index is 0.00000200. The smallest absolute Gasteiger partial charge is 0.226 e. The van der Waals surface area contributed by atoms with Crippen LogP contribution in [-0.2, 0) is 11.2 Å². The van der Waals surface area contributed by atoms with Crippen molar-refractivity contribution in [1.29, 1.82) is 0 Å². The molecule has 5 heteroatoms. The van der Waals surface area contributed by atoms with Crippen LogP contribution in [0, 0.1) is 5.92 Å². The lowest BCUT2D eigenvalue weighted by Gasteiger charge is -2.32. The monoisotopic (exact) mass is 316 g/mol. The Kier molecular flexibility index (Phi) is 7.35. The van der Waals surface area contributed by atoms with Gasteiger partial charge in [0.25, 0.3) is 0 Å². The van der Waals surface area contributed by atoms with Gasteiger partial charge in [0.2, 0.25) is 5.91 Å². The van der Waals surface area contributed by atoms with Gasteiger partial charge >= 0.3 is 0 Å². The third-order valence-corrected chi connectivity index (χ3v) is 3.93. The third kappa shape index (κ3) is 4.97. The van der Waals surface area contributed by atoms with Gasteiger partial charge in [-0.1, -0.05) is 23.7 Å². The molecule has 0 saturated carbocycles. The van der Waals surface area contributed by atoms with Gasteiger partial charge in [-0.2, -0.15) is 0 Å². The van der Waals surface area contributed by atoms with Crippen molar-refractivity contribution < 1.29 is 4.79 Å². The number of benzene rings is 1. The molecule has 112 valence electrons. The van der Waals surface area contributed by atoms with Gasteiger partial charge < -0.3 is 10.6 Å². The summed E-state index contributed by atoms with van der Waals surface area (Å²) in [7, 11) is 0. The lowest BCUT2D eigenvalue weighted by molar-refractivity contribution is -0.132. The second kappa shape index (κ2) is 8.50. The highest BCUT2D eigenvalue weighted by molar-refractivity contribution is 6.30. The van der Waals surface area contributed by atoms with Crippen LogP contribution >= 0.6 is 24.0 Å². The van der Waals surface area contributed by atoms with Crippen LogP contribution < -0.4 is 5.73 Å². The normalized spacial score (nSPS) is 18.5. The van der Waals surface area contributed by atoms with E-state index in [0.29, 0.717) is 23.9 Å². The number of hydrogen-bond donors (Lipinski definition) is 1. The van der Waals surface area contributed by atoms with Crippen molar-refractivity contribution in [2.75, 3.05) is 19.6 Å². The SMILES string of the molecule is Cl.NCCC1CCCN(C(=O)Cc2cccc(Cl)c2)C1. The quantitative estimate of drug-likeness (QED) is 0.928. The molecule has 0 bridgehead atoms. The summed E-state index contributed by atoms with van der Waals surface area (Å²) >= 11 is 5.94. The van der Waals surface area contributed by atoms with Gasteiger partial charge in [0, 0.05) is 18.1 Å². The van der Waals surface area contributed by atoms with Gasteiger partial charge in [-0.25, -0.2) is 0 Å². The summed E-state index contributed by atoms with van der Waals surface area (Å²) in [6.45, 7) is 2.44. The molecule has 1 aliphatic rings. The fourth-order valence-electron chi connectivity index (χ4n) is 2.70. The van der Waals surface area contributed by atoms with Crippen molar-refractivity contribution in [3.05, 3.63) is 34.9 Å². The zero-order valence-electron chi connectivity index (χ0n) is 11.6. The highest BCUT2D eigenvalue weighted by Crippen LogP contribution is 2.20. The minimum absolute atomic E-state index is 0. The van der Waals surface area contributed by atoms with Gasteiger partial charge in [0.05, 0.1) is 6.42 Å². The molecular weight excluding hydrogens is 295 g/mol. The number of nitrogens with two attached hydrogens (primary N) is 1. The molecule has 3 nitrogen and oxygen atoms in total. The van der Waals surface area contributed by atoms with Gasteiger partial charge in [-0.05, 0) is 49.4 Å². The number of halogens is 2. The molecule has 1 unspecified atom stereocenters. The lowest BCUT2D eigenvalue weighted by Crippen LogP contribution is -2.41. The van der Waals surface area contributed by atoms with Crippen LogP contribution in [0.3, 0.4) is 0 Å². The summed E-state index contributed by atoms with van der Waals surface area (Å²) in [6, 6.07) is 7.53. The van der Waals surface area contributed by atoms with Crippen molar-refractivity contribution in [2.45, 2.75) is 25.7 Å². The second-order valence-corrected chi connectivity index (χ2v) is 5.67. The first-order chi connectivity index (χ1) is 9.19. The van der Waals surface area contributed by atoms with E-state index in [9.17, 15) is 4.79 Å². The van der Waals surface area contributed by atoms with E-state index >= 15 is 0 Å². The number of hydrogen-bond acceptors (Lipinski definition) is 2. The Morgan fingerprint density at radius 1 is 1.45 bits per heavy atom. The Morgan fingerprint density at radius 2 is 2.25 bits per heavy atom. The Morgan fingerprint density at radius 3 is 2.95 bits per heavy atom. The number of rotatable bonds is 4. The third-order valence-electron chi connectivity index (χ3n) is 3.69. The summed E-state index contributed by atoms with van der Waals surface area (Å²) in [5.41, 5.74) is 6.59. The molecule has 1 amide bonds. The maximum absolute atomic E-state index is 12.3. The molecule has 0 spiro atoms. The molecule has 1 atom stereocenters. The topological polar surface area (TPSA) is 46.3 Å². The number of carbonyl (C=O) groups is 1. The van der Waals surface area contributed by atoms with E-state index in [-0.39, 0.29) is 18.3 Å². The standard InChI is InChI=1S/C15H21ClN2O.ClH/c16-14-5-1-3-13(9-14)10-15(19)18-8-2-4-12(11-18)6-7-17;/h1,3,5,9,12H,2,4,6-8,10-11,17H2;1H. The number of likely N-dealkylation sites (tertiary alicyclic amines) is 1. The van der Waals surface area contributed by atoms with Crippen LogP contribution in [0.1, 0.15) is 24.8 Å². The number of nitrogens with zero attached hydrogens (tertiary/aromatic N) is 1. The lowest BCUT2D eigenvalue weighted by atomic mass is 9.94. The Hall–Kier alpha value is -0.770. The molecule has 1 fully saturated rings. The van der Waals surface area contributed by atoms with E-state index in [1.807, 2.05) is 29.2 Å². The molecule has 1 aromatic carbocycles. The highest BCUT2D eigenvalue weighted by Gasteiger charge is 2.23. The first-order valence-electron chi connectivity index (χ1n) is 6.91. The zero-order valence-corrected chi connectivity index (χ0v) is 13.1. The maximum atomic E-state index is 12.3. The average molecular weight is 317 g/mol. The summed E-state index contributed by atoms with van der Waals surface area (Å²) in [4.78, 5) is 14.3. The van der Waals surface area contributed by atoms with Crippen LogP contribution in [0.15, 0.2) is 24.3 Å². The molecular formula is C15H22Cl2N2O. The van der Waals surface area contributed by atoms with Crippen molar-refractivity contribution >= 4 is 29.9 Å². The fraction of sp³-hybridized carbons (Fsp3) is 0.533. The van der Waals surface area contributed by atoms with E-state index in [1.54, 1.807) is 0 Å². The summed E-state index contributed by atoms with van der Waals surface area (Å²) in [6.07, 6.45) is 3.74. The van der Waals surface area contributed by atoms with E-state index in [0.717, 1.165) is 31.5 Å². The largest absolute Gasteiger partial charge is 0.342 e. The molecule has 2 N–H and O–H groups in total. The van der Waals surface area contributed by atoms with Crippen LogP contribution in [0.25, 0.3) is 0 Å². The van der Waals surface area contributed by atoms with Crippen molar-refractivity contribution in [2.24, 2.45) is 11.7 Å². The molecule has 1 aromatic rings. The minimum Gasteiger partial charge on any atom is -0.342 e. The molecule has 0 aromatic heterocycles. The van der Waals surface area contributed by atoms with Gasteiger partial charge in [0.1, 0.15) is 0 Å². The van der Waals surface area contributed by atoms with Gasteiger partial charge in [-0.3, -0.25) is 4.79 Å². The van der Waals surface area contributed by atoms with Crippen molar-refractivity contribution in [3.8, 4) is 0 Å². The van der Waals surface area contributed by atoms with Crippen molar-refractivity contribution in [1.82, 2.24) is 4.90 Å². The van der Waals surface area contributed by atoms with Gasteiger partial charge in [0.15, 0.2) is 0 Å². The molecule has 20 heavy (non-hydrogen) atoms. The number of piperidine rings is 1. The van der Waals surface area contributed by atoms with E-state index in [1.165, 1.54) is 6.42 Å². The van der Waals surface area contributed by atoms with Crippen LogP contribution in [-0.4, -0.2) is 30.4 Å². The number of carbonyl (C=O) groups excluding carboxylic acids is 1.